The van der Waals surface area contributed by atoms with Crippen molar-refractivity contribution >= 4 is 5.91 Å². The molecule has 0 unspecified atom stereocenters. The average molecular weight is 267 g/mol. The molecular formula is C13H21N3O3. The molecule has 1 heterocycles. The van der Waals surface area contributed by atoms with E-state index in [1.54, 1.807) is 18.9 Å². The van der Waals surface area contributed by atoms with Gasteiger partial charge >= 0.3 is 0 Å². The van der Waals surface area contributed by atoms with Crippen LogP contribution < -0.4 is 5.32 Å². The molecule has 0 spiro atoms. The van der Waals surface area contributed by atoms with Crippen LogP contribution in [0.1, 0.15) is 23.7 Å². The Balaban J connectivity index is 2.67. The molecule has 1 amide bonds. The lowest BCUT2D eigenvalue weighted by atomic mass is 10.1. The van der Waals surface area contributed by atoms with Crippen molar-refractivity contribution in [3.63, 3.8) is 0 Å². The number of nitrogens with zero attached hydrogens (tertiary/aromatic N) is 2. The summed E-state index contributed by atoms with van der Waals surface area (Å²) in [7, 11) is 1.73. The van der Waals surface area contributed by atoms with Crippen molar-refractivity contribution in [3.8, 4) is 5.75 Å². The minimum atomic E-state index is -0.194. The van der Waals surface area contributed by atoms with E-state index in [0.29, 0.717) is 29.9 Å². The largest absolute Gasteiger partial charge is 0.506 e. The van der Waals surface area contributed by atoms with Gasteiger partial charge in [0.2, 0.25) is 5.91 Å². The fourth-order valence-corrected chi connectivity index (χ4v) is 1.62. The van der Waals surface area contributed by atoms with Crippen LogP contribution in [0.5, 0.6) is 5.75 Å². The van der Waals surface area contributed by atoms with Crippen LogP contribution in [-0.2, 0) is 17.9 Å². The Morgan fingerprint density at radius 1 is 1.53 bits per heavy atom. The van der Waals surface area contributed by atoms with Crippen LogP contribution in [0.15, 0.2) is 6.20 Å². The molecule has 1 aromatic rings. The third-order valence-corrected chi connectivity index (χ3v) is 3.08. The molecule has 19 heavy (non-hydrogen) atoms. The number of aryl methyl sites for hydroxylation is 1. The normalized spacial score (nSPS) is 10.5. The Hall–Kier alpha value is -1.66. The average Bonchev–Trinajstić information content (AvgIpc) is 2.42. The Morgan fingerprint density at radius 3 is 2.79 bits per heavy atom. The van der Waals surface area contributed by atoms with E-state index >= 15 is 0 Å². The zero-order valence-corrected chi connectivity index (χ0v) is 11.6. The number of carbonyl (C=O) groups excluding carboxylic acids is 1. The standard InChI is InChI=1S/C13H21N3O3/c1-4-16(3)12(18)7-14-6-11-10(8-17)5-15-9(2)13(11)19/h5,14,17,19H,4,6-8H2,1-3H3. The molecule has 6 nitrogen and oxygen atoms in total. The van der Waals surface area contributed by atoms with E-state index in [1.807, 2.05) is 6.92 Å². The summed E-state index contributed by atoms with van der Waals surface area (Å²) in [5, 5.41) is 22.1. The number of pyridine rings is 1. The lowest BCUT2D eigenvalue weighted by Gasteiger charge is -2.16. The molecule has 0 fully saturated rings. The van der Waals surface area contributed by atoms with E-state index in [2.05, 4.69) is 10.3 Å². The fourth-order valence-electron chi connectivity index (χ4n) is 1.62. The maximum Gasteiger partial charge on any atom is 0.236 e. The summed E-state index contributed by atoms with van der Waals surface area (Å²) >= 11 is 0. The molecule has 0 aliphatic heterocycles. The van der Waals surface area contributed by atoms with Crippen molar-refractivity contribution in [2.45, 2.75) is 27.0 Å². The van der Waals surface area contributed by atoms with Crippen molar-refractivity contribution in [1.82, 2.24) is 15.2 Å². The van der Waals surface area contributed by atoms with E-state index in [9.17, 15) is 15.0 Å². The maximum absolute atomic E-state index is 11.6. The smallest absolute Gasteiger partial charge is 0.236 e. The summed E-state index contributed by atoms with van der Waals surface area (Å²) < 4.78 is 0. The van der Waals surface area contributed by atoms with E-state index in [0.717, 1.165) is 0 Å². The van der Waals surface area contributed by atoms with Crippen LogP contribution >= 0.6 is 0 Å². The maximum atomic E-state index is 11.6. The topological polar surface area (TPSA) is 85.7 Å². The van der Waals surface area contributed by atoms with Gasteiger partial charge in [0.1, 0.15) is 5.75 Å². The van der Waals surface area contributed by atoms with Crippen LogP contribution in [0.4, 0.5) is 0 Å². The fraction of sp³-hybridized carbons (Fsp3) is 0.538. The van der Waals surface area contributed by atoms with Gasteiger partial charge in [-0.1, -0.05) is 0 Å². The van der Waals surface area contributed by atoms with E-state index < -0.39 is 0 Å². The second kappa shape index (κ2) is 7.06. The summed E-state index contributed by atoms with van der Waals surface area (Å²) in [6.45, 7) is 4.56. The summed E-state index contributed by atoms with van der Waals surface area (Å²) in [5.74, 6) is 0.0497. The quantitative estimate of drug-likeness (QED) is 0.683. The monoisotopic (exact) mass is 267 g/mol. The van der Waals surface area contributed by atoms with Gasteiger partial charge in [-0.05, 0) is 13.8 Å². The number of rotatable bonds is 6. The van der Waals surface area contributed by atoms with Gasteiger partial charge in [0.05, 0.1) is 18.8 Å². The Morgan fingerprint density at radius 2 is 2.21 bits per heavy atom. The first-order valence-electron chi connectivity index (χ1n) is 6.23. The number of hydrogen-bond donors (Lipinski definition) is 3. The minimum absolute atomic E-state index is 0.0154. The number of amides is 1. The Kier molecular flexibility index (Phi) is 5.72. The van der Waals surface area contributed by atoms with Gasteiger partial charge in [0.15, 0.2) is 0 Å². The molecule has 106 valence electrons. The zero-order valence-electron chi connectivity index (χ0n) is 11.6. The molecule has 0 radical (unpaired) electrons. The second-order valence-electron chi connectivity index (χ2n) is 4.37. The Labute approximate surface area is 113 Å². The first-order chi connectivity index (χ1) is 9.01. The van der Waals surface area contributed by atoms with Crippen molar-refractivity contribution in [2.75, 3.05) is 20.1 Å². The number of aromatic nitrogens is 1. The summed E-state index contributed by atoms with van der Waals surface area (Å²) in [5.41, 5.74) is 1.65. The number of aliphatic hydroxyl groups excluding tert-OH is 1. The molecule has 1 aromatic heterocycles. The SMILES string of the molecule is CCN(C)C(=O)CNCc1c(CO)cnc(C)c1O. The van der Waals surface area contributed by atoms with Crippen molar-refractivity contribution < 1.29 is 15.0 Å². The molecule has 0 bridgehead atoms. The zero-order chi connectivity index (χ0) is 14.4. The van der Waals surface area contributed by atoms with E-state index in [-0.39, 0.29) is 24.8 Å². The first kappa shape index (κ1) is 15.4. The molecule has 0 saturated carbocycles. The molecule has 3 N–H and O–H groups in total. The highest BCUT2D eigenvalue weighted by Gasteiger charge is 2.12. The number of aromatic hydroxyl groups is 1. The van der Waals surface area contributed by atoms with Gasteiger partial charge in [-0.25, -0.2) is 0 Å². The molecule has 6 heteroatoms. The van der Waals surface area contributed by atoms with Gasteiger partial charge in [-0.2, -0.15) is 0 Å². The second-order valence-corrected chi connectivity index (χ2v) is 4.37. The predicted molar refractivity (Wildman–Crippen MR) is 71.6 cm³/mol. The molecule has 0 aromatic carbocycles. The first-order valence-corrected chi connectivity index (χ1v) is 6.23. The van der Waals surface area contributed by atoms with Crippen molar-refractivity contribution in [3.05, 3.63) is 23.0 Å². The van der Waals surface area contributed by atoms with Crippen LogP contribution in [0, 0.1) is 6.92 Å². The molecule has 1 rings (SSSR count). The number of likely N-dealkylation sites (N-methyl/N-ethyl adjacent to an activating group) is 1. The van der Waals surface area contributed by atoms with Gasteiger partial charge in [-0.3, -0.25) is 9.78 Å². The minimum Gasteiger partial charge on any atom is -0.506 e. The highest BCUT2D eigenvalue weighted by atomic mass is 16.3. The molecule has 0 aliphatic rings. The van der Waals surface area contributed by atoms with Gasteiger partial charge in [-0.15, -0.1) is 0 Å². The summed E-state index contributed by atoms with van der Waals surface area (Å²) in [6, 6.07) is 0. The van der Waals surface area contributed by atoms with Crippen LogP contribution in [0.3, 0.4) is 0 Å². The molecule has 0 atom stereocenters. The van der Waals surface area contributed by atoms with Gasteiger partial charge in [0, 0.05) is 37.5 Å². The number of hydrogen-bond acceptors (Lipinski definition) is 5. The number of nitrogens with one attached hydrogen (secondary N) is 1. The predicted octanol–water partition coefficient (Wildman–Crippen LogP) is 0.156. The van der Waals surface area contributed by atoms with Gasteiger partial charge < -0.3 is 20.4 Å². The van der Waals surface area contributed by atoms with Crippen molar-refractivity contribution in [1.29, 1.82) is 0 Å². The van der Waals surface area contributed by atoms with Gasteiger partial charge in [0.25, 0.3) is 0 Å². The van der Waals surface area contributed by atoms with E-state index in [4.69, 9.17) is 0 Å². The third kappa shape index (κ3) is 3.90. The Bertz CT molecular complexity index is 449. The lowest BCUT2D eigenvalue weighted by molar-refractivity contribution is -0.128. The molecule has 0 saturated heterocycles. The lowest BCUT2D eigenvalue weighted by Crippen LogP contribution is -2.35. The van der Waals surface area contributed by atoms with Crippen LogP contribution in [0.2, 0.25) is 0 Å². The highest BCUT2D eigenvalue weighted by Crippen LogP contribution is 2.23. The number of aliphatic hydroxyl groups is 1. The number of carbonyl (C=O) groups is 1. The van der Waals surface area contributed by atoms with Crippen LogP contribution in [-0.4, -0.2) is 46.1 Å². The summed E-state index contributed by atoms with van der Waals surface area (Å²) in [4.78, 5) is 17.2. The van der Waals surface area contributed by atoms with Crippen LogP contribution in [0.25, 0.3) is 0 Å². The van der Waals surface area contributed by atoms with E-state index in [1.165, 1.54) is 6.20 Å². The molecular weight excluding hydrogens is 246 g/mol. The third-order valence-electron chi connectivity index (χ3n) is 3.08. The highest BCUT2D eigenvalue weighted by molar-refractivity contribution is 5.77. The van der Waals surface area contributed by atoms with Crippen molar-refractivity contribution in [2.24, 2.45) is 0 Å². The summed E-state index contributed by atoms with van der Waals surface area (Å²) in [6.07, 6.45) is 1.53. The molecule has 0 aliphatic carbocycles.